The summed E-state index contributed by atoms with van der Waals surface area (Å²) in [6.45, 7) is 0.497. The maximum atomic E-state index is 12.7. The second-order valence-electron chi connectivity index (χ2n) is 6.92. The van der Waals surface area contributed by atoms with Gasteiger partial charge in [0.1, 0.15) is 11.6 Å². The lowest BCUT2D eigenvalue weighted by atomic mass is 10.2. The quantitative estimate of drug-likeness (QED) is 0.712. The Morgan fingerprint density at radius 1 is 1.25 bits per heavy atom. The van der Waals surface area contributed by atoms with Gasteiger partial charge in [-0.1, -0.05) is 18.2 Å². The van der Waals surface area contributed by atoms with Crippen LogP contribution in [0.15, 0.2) is 53.4 Å². The smallest absolute Gasteiger partial charge is 0.261 e. The summed E-state index contributed by atoms with van der Waals surface area (Å²) in [5.74, 6) is 0.995. The van der Waals surface area contributed by atoms with Gasteiger partial charge in [0, 0.05) is 12.8 Å². The highest BCUT2D eigenvalue weighted by molar-refractivity contribution is 7.90. The number of aromatic nitrogens is 2. The number of hydrogen-bond acceptors (Lipinski definition) is 5. The first kappa shape index (κ1) is 18.5. The SMILES string of the molecule is CS(=O)(=O)c1cccc(OCC(=O)N2CCCC2c2nc3ccccc3[nH]2)c1. The van der Waals surface area contributed by atoms with E-state index in [0.717, 1.165) is 36.0 Å². The average molecular weight is 399 g/mol. The van der Waals surface area contributed by atoms with E-state index in [2.05, 4.69) is 9.97 Å². The van der Waals surface area contributed by atoms with Gasteiger partial charge in [-0.25, -0.2) is 13.4 Å². The topological polar surface area (TPSA) is 92.4 Å². The largest absolute Gasteiger partial charge is 0.484 e. The Morgan fingerprint density at radius 3 is 2.86 bits per heavy atom. The monoisotopic (exact) mass is 399 g/mol. The number of benzene rings is 2. The van der Waals surface area contributed by atoms with Crippen molar-refractivity contribution in [1.82, 2.24) is 14.9 Å². The number of para-hydroxylation sites is 2. The summed E-state index contributed by atoms with van der Waals surface area (Å²) >= 11 is 0. The van der Waals surface area contributed by atoms with Crippen LogP contribution in [-0.4, -0.2) is 48.6 Å². The first-order valence-electron chi connectivity index (χ1n) is 9.09. The predicted octanol–water partition coefficient (Wildman–Crippen LogP) is 2.71. The summed E-state index contributed by atoms with van der Waals surface area (Å²) in [6, 6.07) is 13.9. The van der Waals surface area contributed by atoms with E-state index in [4.69, 9.17) is 4.74 Å². The molecule has 0 spiro atoms. The fourth-order valence-corrected chi connectivity index (χ4v) is 4.16. The number of carbonyl (C=O) groups is 1. The first-order chi connectivity index (χ1) is 13.4. The van der Waals surface area contributed by atoms with Crippen molar-refractivity contribution in [2.75, 3.05) is 19.4 Å². The van der Waals surface area contributed by atoms with Gasteiger partial charge >= 0.3 is 0 Å². The number of amides is 1. The Hall–Kier alpha value is -2.87. The van der Waals surface area contributed by atoms with E-state index in [1.165, 1.54) is 12.1 Å². The molecular weight excluding hydrogens is 378 g/mol. The number of nitrogens with zero attached hydrogens (tertiary/aromatic N) is 2. The van der Waals surface area contributed by atoms with Crippen LogP contribution < -0.4 is 4.74 Å². The molecule has 0 aliphatic carbocycles. The van der Waals surface area contributed by atoms with Gasteiger partial charge in [0.25, 0.3) is 5.91 Å². The van der Waals surface area contributed by atoms with Gasteiger partial charge < -0.3 is 14.6 Å². The van der Waals surface area contributed by atoms with Crippen molar-refractivity contribution in [2.45, 2.75) is 23.8 Å². The minimum absolute atomic E-state index is 0.106. The van der Waals surface area contributed by atoms with E-state index in [1.807, 2.05) is 24.3 Å². The summed E-state index contributed by atoms with van der Waals surface area (Å²) in [5.41, 5.74) is 1.83. The standard InChI is InChI=1S/C20H21N3O4S/c1-28(25,26)15-7-4-6-14(12-15)27-13-19(24)23-11-5-10-18(23)20-21-16-8-2-3-9-17(16)22-20/h2-4,6-9,12,18H,5,10-11,13H2,1H3,(H,21,22). The predicted molar refractivity (Wildman–Crippen MR) is 105 cm³/mol. The maximum absolute atomic E-state index is 12.7. The number of nitrogens with one attached hydrogen (secondary N) is 1. The third kappa shape index (κ3) is 3.73. The first-order valence-corrected chi connectivity index (χ1v) is 11.0. The van der Waals surface area contributed by atoms with Crippen molar-refractivity contribution in [3.05, 3.63) is 54.4 Å². The molecule has 1 fully saturated rings. The summed E-state index contributed by atoms with van der Waals surface area (Å²) in [5, 5.41) is 0. The third-order valence-corrected chi connectivity index (χ3v) is 6.00. The van der Waals surface area contributed by atoms with Crippen molar-refractivity contribution in [1.29, 1.82) is 0 Å². The molecule has 2 aromatic carbocycles. The lowest BCUT2D eigenvalue weighted by molar-refractivity contribution is -0.134. The van der Waals surface area contributed by atoms with Crippen LogP contribution in [0.3, 0.4) is 0 Å². The Morgan fingerprint density at radius 2 is 2.07 bits per heavy atom. The van der Waals surface area contributed by atoms with E-state index in [1.54, 1.807) is 17.0 Å². The summed E-state index contributed by atoms with van der Waals surface area (Å²) in [4.78, 5) is 22.6. The van der Waals surface area contributed by atoms with Crippen LogP contribution in [0, 0.1) is 0 Å². The zero-order valence-corrected chi connectivity index (χ0v) is 16.3. The van der Waals surface area contributed by atoms with Crippen LogP contribution in [-0.2, 0) is 14.6 Å². The van der Waals surface area contributed by atoms with E-state index >= 15 is 0 Å². The van der Waals surface area contributed by atoms with E-state index in [9.17, 15) is 13.2 Å². The molecule has 8 heteroatoms. The van der Waals surface area contributed by atoms with Crippen LogP contribution in [0.2, 0.25) is 0 Å². The highest BCUT2D eigenvalue weighted by Gasteiger charge is 2.32. The fraction of sp³-hybridized carbons (Fsp3) is 0.300. The summed E-state index contributed by atoms with van der Waals surface area (Å²) < 4.78 is 28.9. The van der Waals surface area contributed by atoms with Crippen molar-refractivity contribution in [2.24, 2.45) is 0 Å². The normalized spacial score (nSPS) is 17.2. The number of ether oxygens (including phenoxy) is 1. The van der Waals surface area contributed by atoms with Crippen molar-refractivity contribution >= 4 is 26.8 Å². The number of fused-ring (bicyclic) bond motifs is 1. The zero-order valence-electron chi connectivity index (χ0n) is 15.5. The number of H-pyrrole nitrogens is 1. The summed E-state index contributed by atoms with van der Waals surface area (Å²) in [6.07, 6.45) is 2.88. The molecule has 1 aliphatic heterocycles. The molecular formula is C20H21N3O4S. The molecule has 3 aromatic rings. The number of carbonyl (C=O) groups excluding carboxylic acids is 1. The Kier molecular flexibility index (Phi) is 4.80. The lowest BCUT2D eigenvalue weighted by Crippen LogP contribution is -2.34. The summed E-state index contributed by atoms with van der Waals surface area (Å²) in [7, 11) is -3.32. The number of aromatic amines is 1. The minimum atomic E-state index is -3.32. The molecule has 2 heterocycles. The lowest BCUT2D eigenvalue weighted by Gasteiger charge is -2.23. The van der Waals surface area contributed by atoms with Gasteiger partial charge in [0.2, 0.25) is 0 Å². The number of hydrogen-bond donors (Lipinski definition) is 1. The molecule has 1 amide bonds. The Bertz CT molecular complexity index is 1090. The molecule has 1 atom stereocenters. The minimum Gasteiger partial charge on any atom is -0.484 e. The van der Waals surface area contributed by atoms with E-state index in [-0.39, 0.29) is 23.5 Å². The maximum Gasteiger partial charge on any atom is 0.261 e. The second-order valence-corrected chi connectivity index (χ2v) is 8.94. The average Bonchev–Trinajstić information content (AvgIpc) is 3.32. The van der Waals surface area contributed by atoms with Crippen molar-refractivity contribution in [3.63, 3.8) is 0 Å². The van der Waals surface area contributed by atoms with Gasteiger partial charge in [-0.05, 0) is 43.2 Å². The zero-order chi connectivity index (χ0) is 19.7. The molecule has 0 saturated carbocycles. The van der Waals surface area contributed by atoms with E-state index in [0.29, 0.717) is 12.3 Å². The molecule has 0 bridgehead atoms. The van der Waals surface area contributed by atoms with Gasteiger partial charge in [-0.2, -0.15) is 0 Å². The van der Waals surface area contributed by atoms with Gasteiger partial charge in [-0.15, -0.1) is 0 Å². The molecule has 0 radical (unpaired) electrons. The van der Waals surface area contributed by atoms with E-state index < -0.39 is 9.84 Å². The van der Waals surface area contributed by atoms with Crippen LogP contribution in [0.4, 0.5) is 0 Å². The molecule has 1 N–H and O–H groups in total. The Balaban J connectivity index is 1.47. The molecule has 28 heavy (non-hydrogen) atoms. The Labute approximate surface area is 163 Å². The number of imidazole rings is 1. The molecule has 146 valence electrons. The molecule has 4 rings (SSSR count). The number of likely N-dealkylation sites (tertiary alicyclic amines) is 1. The number of sulfone groups is 1. The van der Waals surface area contributed by atoms with Crippen LogP contribution in [0.25, 0.3) is 11.0 Å². The van der Waals surface area contributed by atoms with Gasteiger partial charge in [0.15, 0.2) is 16.4 Å². The molecule has 1 aromatic heterocycles. The van der Waals surface area contributed by atoms with Gasteiger partial charge in [0.05, 0.1) is 22.0 Å². The van der Waals surface area contributed by atoms with Gasteiger partial charge in [-0.3, -0.25) is 4.79 Å². The van der Waals surface area contributed by atoms with Crippen LogP contribution in [0.5, 0.6) is 5.75 Å². The molecule has 1 saturated heterocycles. The molecule has 1 aliphatic rings. The van der Waals surface area contributed by atoms with Crippen molar-refractivity contribution < 1.29 is 17.9 Å². The van der Waals surface area contributed by atoms with Crippen LogP contribution >= 0.6 is 0 Å². The highest BCUT2D eigenvalue weighted by Crippen LogP contribution is 2.31. The second kappa shape index (κ2) is 7.27. The highest BCUT2D eigenvalue weighted by atomic mass is 32.2. The molecule has 7 nitrogen and oxygen atoms in total. The molecule has 1 unspecified atom stereocenters. The van der Waals surface area contributed by atoms with Crippen molar-refractivity contribution in [3.8, 4) is 5.75 Å². The fourth-order valence-electron chi connectivity index (χ4n) is 3.50. The van der Waals surface area contributed by atoms with Crippen LogP contribution in [0.1, 0.15) is 24.7 Å². The number of rotatable bonds is 5. The third-order valence-electron chi connectivity index (χ3n) is 4.89.